The first-order chi connectivity index (χ1) is 18.9. The standard InChI is InChI=1S/C38H6/c1-3-5(1)7(3)9(5)11(7)13(9)15(11)17(13)19(15)21(17)23(19)25(21)27(23)29(25)31(27)33(29)35(31)37(33)36-32-28-24-20-16-12-8-4-2-6(4,8)10(8,12)14(12,16)18(16,20)22(20,24)26(24,28)30(28,32)34(32,36)38(35,36)37/h3-4H,1-2H2. The zero-order valence-corrected chi connectivity index (χ0v) is 19.6. The average Bonchev–Trinajstić information content (AvgIpc) is 3.52. The summed E-state index contributed by atoms with van der Waals surface area (Å²) in [4.78, 5) is 0. The largest absolute Gasteiger partial charge is 0.0421 e. The maximum absolute atomic E-state index is 1.78. The van der Waals surface area contributed by atoms with Crippen molar-refractivity contribution in [2.24, 2.45) is 196 Å². The Bertz CT molecular complexity index is 3050. The first-order valence-electron chi connectivity index (χ1n) is 18.9. The van der Waals surface area contributed by atoms with Crippen LogP contribution in [0.4, 0.5) is 0 Å². The topological polar surface area (TPSA) is 0 Å². The Morgan fingerprint density at radius 1 is 0.211 bits per heavy atom. The van der Waals surface area contributed by atoms with Gasteiger partial charge in [-0.25, -0.2) is 0 Å². The second-order valence-corrected chi connectivity index (χ2v) is 27.6. The monoisotopic (exact) mass is 462 g/mol. The Morgan fingerprint density at radius 2 is 0.395 bits per heavy atom. The van der Waals surface area contributed by atoms with Gasteiger partial charge < -0.3 is 0 Å². The van der Waals surface area contributed by atoms with Crippen molar-refractivity contribution >= 4 is 0 Å². The number of rotatable bonds is 0. The van der Waals surface area contributed by atoms with Gasteiger partial charge in [0.05, 0.1) is 0 Å². The zero-order chi connectivity index (χ0) is 19.6. The van der Waals surface area contributed by atoms with E-state index in [4.69, 9.17) is 0 Å². The van der Waals surface area contributed by atoms with E-state index in [2.05, 4.69) is 0 Å². The molecule has 32 atom stereocenters. The van der Waals surface area contributed by atoms with Crippen LogP contribution in [-0.2, 0) is 0 Å². The van der Waals surface area contributed by atoms with E-state index < -0.39 is 0 Å². The van der Waals surface area contributed by atoms with Crippen LogP contribution >= 0.6 is 0 Å². The molecule has 0 aromatic rings. The van der Waals surface area contributed by atoms with Crippen LogP contribution in [0.25, 0.3) is 0 Å². The van der Waals surface area contributed by atoms with Crippen molar-refractivity contribution in [2.75, 3.05) is 0 Å². The van der Waals surface area contributed by atoms with Crippen LogP contribution in [0.2, 0.25) is 0 Å². The maximum Gasteiger partial charge on any atom is -0.0000000000000000000342 e. The van der Waals surface area contributed by atoms with Crippen LogP contribution in [0.15, 0.2) is 0 Å². The molecule has 0 aromatic heterocycles. The zero-order valence-electron chi connectivity index (χ0n) is 19.6. The highest BCUT2D eigenvalue weighted by Crippen LogP contribution is 4.00. The van der Waals surface area contributed by atoms with E-state index >= 15 is 0 Å². The van der Waals surface area contributed by atoms with Gasteiger partial charge in [0.25, 0.3) is 0 Å². The third-order valence-electron chi connectivity index (χ3n) is 38.0. The molecule has 36 saturated carbocycles. The highest BCUT2D eigenvalue weighted by Gasteiger charge is 4.00. The van der Waals surface area contributed by atoms with Gasteiger partial charge in [0.2, 0.25) is 0 Å². The third kappa shape index (κ3) is 0.147. The average molecular weight is 462 g/mol. The molecule has 0 aliphatic heterocycles. The Balaban J connectivity index is 0.609. The molecule has 36 aliphatic carbocycles. The van der Waals surface area contributed by atoms with Crippen LogP contribution in [0.1, 0.15) is 12.8 Å². The summed E-state index contributed by atoms with van der Waals surface area (Å²) in [5.41, 5.74) is 41.8. The Morgan fingerprint density at radius 3 is 0.579 bits per heavy atom. The van der Waals surface area contributed by atoms with Crippen LogP contribution in [-0.4, -0.2) is 0 Å². The summed E-state index contributed by atoms with van der Waals surface area (Å²) in [6.07, 6.45) is 3.55. The van der Waals surface area contributed by atoms with Crippen LogP contribution in [0, 0.1) is 196 Å². The third-order valence-corrected chi connectivity index (χ3v) is 38.0. The first-order valence-corrected chi connectivity index (χ1v) is 18.9. The van der Waals surface area contributed by atoms with Crippen molar-refractivity contribution in [1.82, 2.24) is 0 Å². The molecule has 0 bridgehead atoms. The molecule has 0 aromatic carbocycles. The number of hydrogen-bond acceptors (Lipinski definition) is 0. The van der Waals surface area contributed by atoms with Crippen LogP contribution < -0.4 is 0 Å². The highest BCUT2D eigenvalue weighted by atomic mass is 16.0. The summed E-state index contributed by atoms with van der Waals surface area (Å²) in [6.45, 7) is 0. The van der Waals surface area contributed by atoms with Crippen molar-refractivity contribution in [1.29, 1.82) is 0 Å². The van der Waals surface area contributed by atoms with Gasteiger partial charge in [0.1, 0.15) is 0 Å². The van der Waals surface area contributed by atoms with Crippen molar-refractivity contribution in [3.8, 4) is 0 Å². The lowest BCUT2D eigenvalue weighted by Crippen LogP contribution is -2.23. The van der Waals surface area contributed by atoms with Gasteiger partial charge >= 0.3 is 0 Å². The van der Waals surface area contributed by atoms with E-state index in [1.54, 1.807) is 12.8 Å². The van der Waals surface area contributed by atoms with E-state index in [-0.39, 0.29) is 0 Å². The van der Waals surface area contributed by atoms with E-state index in [0.717, 1.165) is 0 Å². The van der Waals surface area contributed by atoms with E-state index in [9.17, 15) is 0 Å². The summed E-state index contributed by atoms with van der Waals surface area (Å²) in [6, 6.07) is 0. The molecule has 158 valence electrons. The predicted octanol–water partition coefficient (Wildman–Crippen LogP) is 1.03. The van der Waals surface area contributed by atoms with Gasteiger partial charge in [-0.15, -0.1) is 0 Å². The number of hydrogen-bond donors (Lipinski definition) is 0. The van der Waals surface area contributed by atoms with E-state index in [1.165, 1.54) is 196 Å². The first kappa shape index (κ1) is 9.76. The fourth-order valence-corrected chi connectivity index (χ4v) is 46.5. The molecule has 36 aliphatic rings. The fourth-order valence-electron chi connectivity index (χ4n) is 46.5. The molecule has 0 saturated heterocycles. The summed E-state index contributed by atoms with van der Waals surface area (Å²) >= 11 is 0. The van der Waals surface area contributed by atoms with Gasteiger partial charge in [-0.2, -0.15) is 0 Å². The molecule has 0 radical (unpaired) electrons. The molecule has 0 heterocycles. The minimum absolute atomic E-state index is 1.17. The lowest BCUT2D eigenvalue weighted by molar-refractivity contribution is 0.207. The van der Waals surface area contributed by atoms with Crippen molar-refractivity contribution in [2.45, 2.75) is 12.8 Å². The predicted molar refractivity (Wildman–Crippen MR) is 98.9 cm³/mol. The lowest BCUT2D eigenvalue weighted by Gasteiger charge is -2.23. The maximum atomic E-state index is 1.78. The Kier molecular flexibility index (Phi) is 0.274. The molecule has 0 nitrogen and oxygen atoms in total. The molecule has 32 unspecified atom stereocenters. The molecule has 0 N–H and O–H groups in total. The van der Waals surface area contributed by atoms with Gasteiger partial charge in [-0.1, -0.05) is 0 Å². The molecule has 0 amide bonds. The minimum Gasteiger partial charge on any atom is -0.0421 e. The molecular weight excluding hydrogens is 456 g/mol. The van der Waals surface area contributed by atoms with E-state index in [1.807, 2.05) is 0 Å². The van der Waals surface area contributed by atoms with E-state index in [0.29, 0.717) is 0 Å². The van der Waals surface area contributed by atoms with Gasteiger partial charge in [-0.05, 0) is 209 Å². The second kappa shape index (κ2) is 1.07. The quantitative estimate of drug-likeness (QED) is 0.505. The van der Waals surface area contributed by atoms with Crippen LogP contribution in [0.3, 0.4) is 0 Å². The second-order valence-electron chi connectivity index (χ2n) is 27.6. The normalized spacial score (nSPS) is 179. The smallest absolute Gasteiger partial charge is 0.0000000000000000000342 e. The van der Waals surface area contributed by atoms with Gasteiger partial charge in [0.15, 0.2) is 0 Å². The molecular formula is C38H6. The van der Waals surface area contributed by atoms with Gasteiger partial charge in [0, 0.05) is 0 Å². The Hall–Kier alpha value is 0. The summed E-state index contributed by atoms with van der Waals surface area (Å²) in [5, 5.41) is 0. The van der Waals surface area contributed by atoms with Crippen molar-refractivity contribution in [3.05, 3.63) is 0 Å². The van der Waals surface area contributed by atoms with Crippen molar-refractivity contribution < 1.29 is 0 Å². The van der Waals surface area contributed by atoms with Crippen molar-refractivity contribution in [3.63, 3.8) is 0 Å². The molecule has 36 fully saturated rings. The summed E-state index contributed by atoms with van der Waals surface area (Å²) < 4.78 is 0. The molecule has 36 rings (SSSR count). The highest BCUT2D eigenvalue weighted by molar-refractivity contribution is 6.43. The Labute approximate surface area is 208 Å². The fraction of sp³-hybridized carbons (Fsp3) is 1.00. The summed E-state index contributed by atoms with van der Waals surface area (Å²) in [7, 11) is 0. The molecule has 38 heavy (non-hydrogen) atoms. The lowest BCUT2D eigenvalue weighted by atomic mass is 9.78. The summed E-state index contributed by atoms with van der Waals surface area (Å²) in [5.74, 6) is 2.78. The van der Waals surface area contributed by atoms with Crippen LogP contribution in [0.5, 0.6) is 0 Å². The van der Waals surface area contributed by atoms with Gasteiger partial charge in [-0.3, -0.25) is 0 Å². The molecule has 0 heteroatoms. The molecule has 34 spiro atoms. The minimum atomic E-state index is 1.17. The SMILES string of the molecule is C1C2C13C21C32C13C21C32C13C21C32C13C21C32C13C21C32C13C21C24C56C78C9%10C%11%12C%13%14C%15%16C%17%18C%19CC%19%17C%18%15C%16%13C%14%11C%129C%107C85C62C341.